The second-order valence-corrected chi connectivity index (χ2v) is 11.9. The molecule has 0 saturated carbocycles. The number of piperidine rings is 1. The van der Waals surface area contributed by atoms with E-state index in [1.165, 1.54) is 43.2 Å². The summed E-state index contributed by atoms with van der Waals surface area (Å²) in [5, 5.41) is 32.1. The highest BCUT2D eigenvalue weighted by Gasteiger charge is 2.57. The number of likely N-dealkylation sites (tertiary alicyclic amines) is 1. The fourth-order valence-corrected chi connectivity index (χ4v) is 6.10. The largest absolute Gasteiger partial charge is 0.493 e. The van der Waals surface area contributed by atoms with Gasteiger partial charge in [-0.3, -0.25) is 15.0 Å². The molecule has 4 aromatic rings. The highest BCUT2D eigenvalue weighted by atomic mass is 19.4. The zero-order chi connectivity index (χ0) is 35.3. The minimum absolute atomic E-state index is 0.0236. The van der Waals surface area contributed by atoms with E-state index in [4.69, 9.17) is 19.3 Å². The summed E-state index contributed by atoms with van der Waals surface area (Å²) >= 11 is 0. The van der Waals surface area contributed by atoms with Gasteiger partial charge in [0.25, 0.3) is 5.69 Å². The third-order valence-electron chi connectivity index (χ3n) is 8.71. The molecule has 1 aliphatic heterocycles. The van der Waals surface area contributed by atoms with Gasteiger partial charge in [-0.2, -0.15) is 13.2 Å². The molecule has 5 rings (SSSR count). The summed E-state index contributed by atoms with van der Waals surface area (Å²) in [6.07, 6.45) is -0.463. The fraction of sp³-hybridized carbons (Fsp3) is 0.343. The number of carboxylic acids is 1. The van der Waals surface area contributed by atoms with Crippen molar-refractivity contribution in [3.8, 4) is 17.2 Å². The molecule has 0 radical (unpaired) electrons. The van der Waals surface area contributed by atoms with Crippen LogP contribution >= 0.6 is 0 Å². The standard InChI is InChI=1S/C35H36F3N3O8/c1-47-30-16-25(8-11-32(42)43)17-31(48-2)33(30)49-21-24-12-14-39(15-13-24)22-34(44,35(36,37)38)28-20-40(19-23-6-4-3-5-7-23)29-18-26(41(45)46)9-10-27(28)29/h3-11,16-18,20,24,44H,12-15,19,21-22H2,1-2H3,(H,42,43)/b11-8+. The quantitative estimate of drug-likeness (QED) is 0.0952. The summed E-state index contributed by atoms with van der Waals surface area (Å²) in [6.45, 7) is 0.162. The number of non-ortho nitro benzene ring substituents is 1. The van der Waals surface area contributed by atoms with Gasteiger partial charge >= 0.3 is 12.1 Å². The van der Waals surface area contributed by atoms with Crippen LogP contribution in [0.1, 0.15) is 29.5 Å². The molecule has 2 N–H and O–H groups in total. The molecular formula is C35H36F3N3O8. The average molecular weight is 684 g/mol. The van der Waals surface area contributed by atoms with Crippen molar-refractivity contribution in [2.24, 2.45) is 5.92 Å². The van der Waals surface area contributed by atoms with Gasteiger partial charge < -0.3 is 29.0 Å². The zero-order valence-corrected chi connectivity index (χ0v) is 26.9. The number of halogens is 3. The van der Waals surface area contributed by atoms with Crippen LogP contribution in [0.4, 0.5) is 18.9 Å². The normalized spacial score (nSPS) is 15.7. The molecule has 0 amide bonds. The lowest BCUT2D eigenvalue weighted by atomic mass is 9.90. The monoisotopic (exact) mass is 683 g/mol. The van der Waals surface area contributed by atoms with Crippen molar-refractivity contribution < 1.29 is 47.3 Å². The lowest BCUT2D eigenvalue weighted by Gasteiger charge is -2.39. The second kappa shape index (κ2) is 14.6. The van der Waals surface area contributed by atoms with Gasteiger partial charge in [0.2, 0.25) is 11.4 Å². The summed E-state index contributed by atoms with van der Waals surface area (Å²) in [5.41, 5.74) is -2.39. The van der Waals surface area contributed by atoms with Crippen molar-refractivity contribution in [1.82, 2.24) is 9.47 Å². The van der Waals surface area contributed by atoms with E-state index in [0.717, 1.165) is 17.7 Å². The van der Waals surface area contributed by atoms with Crippen LogP contribution in [0.2, 0.25) is 0 Å². The molecule has 14 heteroatoms. The predicted molar refractivity (Wildman–Crippen MR) is 175 cm³/mol. The number of benzene rings is 3. The minimum Gasteiger partial charge on any atom is -0.493 e. The summed E-state index contributed by atoms with van der Waals surface area (Å²) in [7, 11) is 2.87. The Labute approximate surface area is 279 Å². The Kier molecular flexibility index (Phi) is 10.5. The molecule has 260 valence electrons. The van der Waals surface area contributed by atoms with E-state index in [1.807, 2.05) is 0 Å². The minimum atomic E-state index is -5.06. The molecule has 1 aliphatic rings. The van der Waals surface area contributed by atoms with Gasteiger partial charge in [-0.15, -0.1) is 0 Å². The van der Waals surface area contributed by atoms with Crippen molar-refractivity contribution in [2.75, 3.05) is 40.5 Å². The van der Waals surface area contributed by atoms with Crippen LogP contribution in [-0.4, -0.2) is 77.2 Å². The van der Waals surface area contributed by atoms with E-state index >= 15 is 0 Å². The second-order valence-electron chi connectivity index (χ2n) is 11.9. The van der Waals surface area contributed by atoms with Crippen LogP contribution in [0, 0.1) is 16.0 Å². The van der Waals surface area contributed by atoms with Crippen molar-refractivity contribution in [2.45, 2.75) is 31.2 Å². The number of rotatable bonds is 13. The number of aliphatic carboxylic acids is 1. The first-order valence-electron chi connectivity index (χ1n) is 15.5. The Bertz CT molecular complexity index is 1810. The summed E-state index contributed by atoms with van der Waals surface area (Å²) < 4.78 is 63.1. The topological polar surface area (TPSA) is 137 Å². The van der Waals surface area contributed by atoms with Crippen LogP contribution in [0.25, 0.3) is 17.0 Å². The number of nitrogens with zero attached hydrogens (tertiary/aromatic N) is 3. The number of aromatic nitrogens is 1. The molecule has 3 aromatic carbocycles. The first-order valence-corrected chi connectivity index (χ1v) is 15.5. The number of carboxylic acid groups (broad SMARTS) is 1. The van der Waals surface area contributed by atoms with E-state index in [1.54, 1.807) is 47.4 Å². The Hall–Kier alpha value is -5.08. The van der Waals surface area contributed by atoms with Crippen molar-refractivity contribution in [3.63, 3.8) is 0 Å². The third kappa shape index (κ3) is 7.81. The number of nitro groups is 1. The van der Waals surface area contributed by atoms with Gasteiger partial charge in [-0.1, -0.05) is 30.3 Å². The van der Waals surface area contributed by atoms with Crippen LogP contribution in [-0.2, 0) is 16.9 Å². The molecule has 0 bridgehead atoms. The Morgan fingerprint density at radius 1 is 1.04 bits per heavy atom. The lowest BCUT2D eigenvalue weighted by molar-refractivity contribution is -0.384. The van der Waals surface area contributed by atoms with E-state index in [-0.39, 0.29) is 54.3 Å². The summed E-state index contributed by atoms with van der Waals surface area (Å²) in [5.74, 6) is -0.162. The molecule has 1 fully saturated rings. The van der Waals surface area contributed by atoms with Crippen molar-refractivity contribution in [3.05, 3.63) is 99.7 Å². The number of hydrogen-bond donors (Lipinski definition) is 2. The Morgan fingerprint density at radius 2 is 1.69 bits per heavy atom. The first kappa shape index (κ1) is 35.2. The molecular weight excluding hydrogens is 647 g/mol. The molecule has 11 nitrogen and oxygen atoms in total. The van der Waals surface area contributed by atoms with Crippen LogP contribution in [0.15, 0.2) is 72.9 Å². The predicted octanol–water partition coefficient (Wildman–Crippen LogP) is 6.25. The molecule has 0 spiro atoms. The molecule has 1 unspecified atom stereocenters. The zero-order valence-electron chi connectivity index (χ0n) is 26.9. The fourth-order valence-electron chi connectivity index (χ4n) is 6.10. The molecule has 1 saturated heterocycles. The van der Waals surface area contributed by atoms with Gasteiger partial charge in [-0.25, -0.2) is 4.79 Å². The number of nitro benzene ring substituents is 1. The number of carbonyl (C=O) groups is 1. The average Bonchev–Trinajstić information content (AvgIpc) is 3.44. The van der Waals surface area contributed by atoms with Gasteiger partial charge in [0.15, 0.2) is 11.5 Å². The van der Waals surface area contributed by atoms with Crippen LogP contribution in [0.3, 0.4) is 0 Å². The van der Waals surface area contributed by atoms with Gasteiger partial charge in [-0.05, 0) is 67.3 Å². The van der Waals surface area contributed by atoms with Crippen molar-refractivity contribution >= 4 is 28.6 Å². The highest BCUT2D eigenvalue weighted by Crippen LogP contribution is 2.45. The number of hydrogen-bond acceptors (Lipinski definition) is 8. The van der Waals surface area contributed by atoms with Gasteiger partial charge in [0.1, 0.15) is 0 Å². The summed E-state index contributed by atoms with van der Waals surface area (Å²) in [6, 6.07) is 15.8. The first-order chi connectivity index (χ1) is 23.3. The third-order valence-corrected chi connectivity index (χ3v) is 8.71. The lowest BCUT2D eigenvalue weighted by Crippen LogP contribution is -2.52. The number of aliphatic hydroxyl groups is 1. The molecule has 0 aliphatic carbocycles. The SMILES string of the molecule is COc1cc(/C=C/C(=O)O)cc(OC)c1OCC1CCN(CC(O)(c2cn(Cc3ccccc3)c3cc([N+](=O)[O-])ccc23)C(F)(F)F)CC1. The maximum absolute atomic E-state index is 14.9. The number of ether oxygens (including phenoxy) is 3. The maximum atomic E-state index is 14.9. The molecule has 1 atom stereocenters. The number of β-amino-alcohol motifs (C(OH)–C–C–N with tert-alkyl or cyclic N) is 1. The van der Waals surface area contributed by atoms with E-state index < -0.39 is 29.2 Å². The number of alkyl halides is 3. The van der Waals surface area contributed by atoms with Crippen LogP contribution in [0.5, 0.6) is 17.2 Å². The van der Waals surface area contributed by atoms with Crippen molar-refractivity contribution in [1.29, 1.82) is 0 Å². The maximum Gasteiger partial charge on any atom is 0.422 e. The smallest absolute Gasteiger partial charge is 0.422 e. The van der Waals surface area contributed by atoms with E-state index in [0.29, 0.717) is 35.7 Å². The number of fused-ring (bicyclic) bond motifs is 1. The highest BCUT2D eigenvalue weighted by molar-refractivity contribution is 5.87. The molecule has 1 aromatic heterocycles. The van der Waals surface area contributed by atoms with Gasteiger partial charge in [0.05, 0.1) is 31.3 Å². The van der Waals surface area contributed by atoms with E-state index in [9.17, 15) is 33.2 Å². The van der Waals surface area contributed by atoms with Gasteiger partial charge in [0, 0.05) is 48.4 Å². The Balaban J connectivity index is 1.34. The Morgan fingerprint density at radius 3 is 2.27 bits per heavy atom. The molecule has 2 heterocycles. The summed E-state index contributed by atoms with van der Waals surface area (Å²) in [4.78, 5) is 23.4. The van der Waals surface area contributed by atoms with Crippen LogP contribution < -0.4 is 14.2 Å². The number of methoxy groups -OCH3 is 2. The molecule has 49 heavy (non-hydrogen) atoms. The van der Waals surface area contributed by atoms with E-state index in [2.05, 4.69) is 0 Å².